The van der Waals surface area contributed by atoms with E-state index in [-0.39, 0.29) is 0 Å². The molecule has 0 aliphatic carbocycles. The normalized spacial score (nSPS) is 13.5. The number of aromatic nitrogens is 2. The number of nitrogens with one attached hydrogen (secondary N) is 1. The molecule has 0 bridgehead atoms. The van der Waals surface area contributed by atoms with E-state index in [1.165, 1.54) is 11.1 Å². The van der Waals surface area contributed by atoms with Gasteiger partial charge in [0, 0.05) is 26.0 Å². The minimum absolute atomic E-state index is 0.837. The van der Waals surface area contributed by atoms with Gasteiger partial charge in [0.15, 0.2) is 0 Å². The highest BCUT2D eigenvalue weighted by Crippen LogP contribution is 2.15. The fourth-order valence-electron chi connectivity index (χ4n) is 1.98. The Labute approximate surface area is 110 Å². The van der Waals surface area contributed by atoms with Crippen molar-refractivity contribution in [2.75, 3.05) is 19.4 Å². The van der Waals surface area contributed by atoms with Crippen molar-refractivity contribution in [3.05, 3.63) is 23.7 Å². The van der Waals surface area contributed by atoms with Gasteiger partial charge in [0.1, 0.15) is 5.82 Å². The van der Waals surface area contributed by atoms with Gasteiger partial charge in [0.05, 0.1) is 12.9 Å². The molecule has 0 aliphatic heterocycles. The summed E-state index contributed by atoms with van der Waals surface area (Å²) in [6, 6.07) is 0. The smallest absolute Gasteiger partial charge is 0.143 e. The van der Waals surface area contributed by atoms with Gasteiger partial charge in [0.2, 0.25) is 0 Å². The Hall–Kier alpha value is -1.58. The van der Waals surface area contributed by atoms with Crippen LogP contribution in [0.3, 0.4) is 0 Å². The van der Waals surface area contributed by atoms with Gasteiger partial charge in [-0.2, -0.15) is 0 Å². The predicted molar refractivity (Wildman–Crippen MR) is 78.4 cm³/mol. The van der Waals surface area contributed by atoms with Gasteiger partial charge in [0.25, 0.3) is 0 Å². The lowest BCUT2D eigenvalue weighted by Crippen LogP contribution is -2.09. The maximum absolute atomic E-state index is 4.32. The van der Waals surface area contributed by atoms with Crippen LogP contribution in [0.25, 0.3) is 0 Å². The molecule has 1 aromatic heterocycles. The van der Waals surface area contributed by atoms with Crippen molar-refractivity contribution in [2.24, 2.45) is 4.99 Å². The largest absolute Gasteiger partial charge is 0.372 e. The number of anilines is 1. The van der Waals surface area contributed by atoms with Crippen molar-refractivity contribution in [1.29, 1.82) is 0 Å². The first-order chi connectivity index (χ1) is 8.62. The second-order valence-corrected chi connectivity index (χ2v) is 4.50. The maximum atomic E-state index is 4.32. The van der Waals surface area contributed by atoms with Crippen LogP contribution in [0.15, 0.2) is 28.7 Å². The molecule has 1 N–H and O–H groups in total. The second kappa shape index (κ2) is 6.99. The number of aliphatic imine (C=N–C) groups is 1. The Bertz CT molecular complexity index is 440. The number of rotatable bonds is 6. The van der Waals surface area contributed by atoms with Crippen LogP contribution in [-0.4, -0.2) is 29.4 Å². The van der Waals surface area contributed by atoms with Crippen LogP contribution >= 0.6 is 0 Å². The van der Waals surface area contributed by atoms with Gasteiger partial charge in [-0.1, -0.05) is 18.9 Å². The zero-order valence-corrected chi connectivity index (χ0v) is 12.1. The number of hydrogen-bond acceptors (Lipinski definition) is 3. The molecule has 0 unspecified atom stereocenters. The van der Waals surface area contributed by atoms with Crippen LogP contribution in [0.4, 0.5) is 5.82 Å². The molecule has 4 nitrogen and oxygen atoms in total. The van der Waals surface area contributed by atoms with E-state index in [2.05, 4.69) is 40.6 Å². The van der Waals surface area contributed by atoms with Gasteiger partial charge in [-0.3, -0.25) is 4.99 Å². The van der Waals surface area contributed by atoms with E-state index in [1.54, 1.807) is 0 Å². The number of hydrogen-bond donors (Lipinski definition) is 1. The van der Waals surface area contributed by atoms with E-state index in [4.69, 9.17) is 0 Å². The summed E-state index contributed by atoms with van der Waals surface area (Å²) in [7, 11) is 3.73. The average molecular weight is 248 g/mol. The summed E-state index contributed by atoms with van der Waals surface area (Å²) in [6.07, 6.45) is 6.16. The molecule has 0 aliphatic rings. The minimum atomic E-state index is 0.837. The monoisotopic (exact) mass is 248 g/mol. The third-order valence-corrected chi connectivity index (χ3v) is 3.14. The highest BCUT2D eigenvalue weighted by Gasteiger charge is 2.07. The molecule has 4 heteroatoms. The lowest BCUT2D eigenvalue weighted by atomic mass is 10.0. The van der Waals surface area contributed by atoms with Crippen LogP contribution < -0.4 is 5.32 Å². The first kappa shape index (κ1) is 14.5. The third-order valence-electron chi connectivity index (χ3n) is 3.14. The Kier molecular flexibility index (Phi) is 5.62. The summed E-state index contributed by atoms with van der Waals surface area (Å²) in [5.74, 6) is 0.897. The van der Waals surface area contributed by atoms with E-state index in [9.17, 15) is 0 Å². The number of imidazole rings is 1. The van der Waals surface area contributed by atoms with Crippen LogP contribution in [0, 0.1) is 0 Å². The molecule has 100 valence electrons. The predicted octanol–water partition coefficient (Wildman–Crippen LogP) is 3.13. The van der Waals surface area contributed by atoms with Crippen LogP contribution in [0.2, 0.25) is 0 Å². The van der Waals surface area contributed by atoms with Crippen LogP contribution in [0.5, 0.6) is 0 Å². The van der Waals surface area contributed by atoms with E-state index in [0.29, 0.717) is 0 Å². The summed E-state index contributed by atoms with van der Waals surface area (Å²) in [4.78, 5) is 8.59. The summed E-state index contributed by atoms with van der Waals surface area (Å²) in [6.45, 7) is 7.31. The summed E-state index contributed by atoms with van der Waals surface area (Å²) in [5, 5.41) is 3.04. The SMILES string of the molecule is CCC/C(C)=C(/Cn1cnc(NC)c1)C(C)=NC. The summed E-state index contributed by atoms with van der Waals surface area (Å²) < 4.78 is 2.09. The second-order valence-electron chi connectivity index (χ2n) is 4.50. The zero-order chi connectivity index (χ0) is 13.5. The van der Waals surface area contributed by atoms with Crippen molar-refractivity contribution >= 4 is 11.5 Å². The van der Waals surface area contributed by atoms with Crippen LogP contribution in [0.1, 0.15) is 33.6 Å². The number of allylic oxidation sites excluding steroid dienone is 2. The van der Waals surface area contributed by atoms with Crippen LogP contribution in [-0.2, 0) is 6.54 Å². The van der Waals surface area contributed by atoms with E-state index >= 15 is 0 Å². The highest BCUT2D eigenvalue weighted by molar-refractivity contribution is 5.98. The van der Waals surface area contributed by atoms with Gasteiger partial charge >= 0.3 is 0 Å². The van der Waals surface area contributed by atoms with E-state index < -0.39 is 0 Å². The molecular weight excluding hydrogens is 224 g/mol. The molecule has 1 heterocycles. The molecule has 0 amide bonds. The molecular formula is C14H24N4. The van der Waals surface area contributed by atoms with E-state index in [0.717, 1.165) is 30.9 Å². The minimum Gasteiger partial charge on any atom is -0.372 e. The fraction of sp³-hybridized carbons (Fsp3) is 0.571. The Morgan fingerprint density at radius 2 is 2.17 bits per heavy atom. The van der Waals surface area contributed by atoms with Crippen molar-refractivity contribution in [2.45, 2.75) is 40.2 Å². The lowest BCUT2D eigenvalue weighted by Gasteiger charge is -2.12. The summed E-state index contributed by atoms with van der Waals surface area (Å²) in [5.41, 5.74) is 3.85. The molecule has 0 radical (unpaired) electrons. The van der Waals surface area contributed by atoms with Crippen molar-refractivity contribution < 1.29 is 0 Å². The standard InChI is InChI=1S/C14H24N4/c1-6-7-11(2)13(12(3)15-4)8-18-9-14(16-5)17-10-18/h9-10,16H,6-8H2,1-5H3/b13-11-,15-12?. The van der Waals surface area contributed by atoms with Gasteiger partial charge in [-0.25, -0.2) is 4.98 Å². The van der Waals surface area contributed by atoms with Gasteiger partial charge in [-0.15, -0.1) is 0 Å². The summed E-state index contributed by atoms with van der Waals surface area (Å²) >= 11 is 0. The Balaban J connectivity index is 2.95. The average Bonchev–Trinajstić information content (AvgIpc) is 2.83. The van der Waals surface area contributed by atoms with Crippen molar-refractivity contribution in [1.82, 2.24) is 9.55 Å². The topological polar surface area (TPSA) is 42.2 Å². The van der Waals surface area contributed by atoms with Crippen molar-refractivity contribution in [3.8, 4) is 0 Å². The van der Waals surface area contributed by atoms with Gasteiger partial charge < -0.3 is 9.88 Å². The quantitative estimate of drug-likeness (QED) is 0.786. The van der Waals surface area contributed by atoms with Crippen molar-refractivity contribution in [3.63, 3.8) is 0 Å². The van der Waals surface area contributed by atoms with E-state index in [1.807, 2.05) is 26.6 Å². The molecule has 0 aromatic carbocycles. The molecule has 1 rings (SSSR count). The van der Waals surface area contributed by atoms with Gasteiger partial charge in [-0.05, 0) is 25.8 Å². The zero-order valence-electron chi connectivity index (χ0n) is 12.1. The molecule has 0 saturated heterocycles. The fourth-order valence-corrected chi connectivity index (χ4v) is 1.98. The molecule has 18 heavy (non-hydrogen) atoms. The highest BCUT2D eigenvalue weighted by atomic mass is 15.1. The number of nitrogens with zero attached hydrogens (tertiary/aromatic N) is 3. The third kappa shape index (κ3) is 3.72. The first-order valence-electron chi connectivity index (χ1n) is 6.44. The Morgan fingerprint density at radius 1 is 1.44 bits per heavy atom. The maximum Gasteiger partial charge on any atom is 0.143 e. The molecule has 0 fully saturated rings. The molecule has 0 spiro atoms. The Morgan fingerprint density at radius 3 is 2.67 bits per heavy atom. The lowest BCUT2D eigenvalue weighted by molar-refractivity contribution is 0.780. The molecule has 1 aromatic rings. The molecule has 0 atom stereocenters. The first-order valence-corrected chi connectivity index (χ1v) is 6.44. The molecule has 0 saturated carbocycles.